The van der Waals surface area contributed by atoms with Crippen LogP contribution in [0.15, 0.2) is 0 Å². The second-order valence-electron chi connectivity index (χ2n) is 4.98. The predicted octanol–water partition coefficient (Wildman–Crippen LogP) is 0.361. The van der Waals surface area contributed by atoms with Gasteiger partial charge in [-0.1, -0.05) is 27.7 Å². The van der Waals surface area contributed by atoms with Crippen LogP contribution in [0.1, 0.15) is 40.5 Å². The fraction of sp³-hybridized carbons (Fsp3) is 0.833. The van der Waals surface area contributed by atoms with E-state index in [9.17, 15) is 4.79 Å². The maximum Gasteiger partial charge on any atom is 0.234 e. The molecule has 0 aliphatic heterocycles. The molecule has 0 bridgehead atoms. The summed E-state index contributed by atoms with van der Waals surface area (Å²) in [6.45, 7) is 9.50. The van der Waals surface area contributed by atoms with Gasteiger partial charge in [-0.25, -0.2) is 0 Å². The van der Waals surface area contributed by atoms with Gasteiger partial charge in [0, 0.05) is 6.54 Å². The first-order valence-electron chi connectivity index (χ1n) is 6.31. The molecule has 0 fully saturated rings. The molecule has 0 radical (unpaired) electrons. The van der Waals surface area contributed by atoms with Crippen LogP contribution in [0.5, 0.6) is 0 Å². The average molecular weight is 259 g/mol. The molecule has 18 heavy (non-hydrogen) atoms. The van der Waals surface area contributed by atoms with E-state index in [1.807, 2.05) is 0 Å². The van der Waals surface area contributed by atoms with Gasteiger partial charge >= 0.3 is 0 Å². The Balaban J connectivity index is 0. The van der Waals surface area contributed by atoms with Crippen molar-refractivity contribution in [3.63, 3.8) is 0 Å². The summed E-state index contributed by atoms with van der Waals surface area (Å²) in [5, 5.41) is 9.40. The number of hydrogen-bond donors (Lipinski definition) is 5. The van der Waals surface area contributed by atoms with Gasteiger partial charge in [0.2, 0.25) is 5.91 Å². The zero-order valence-electron chi connectivity index (χ0n) is 12.0. The molecule has 0 spiro atoms. The van der Waals surface area contributed by atoms with E-state index in [4.69, 9.17) is 22.6 Å². The molecule has 0 rings (SSSR count). The molecule has 6 nitrogen and oxygen atoms in total. The maximum atomic E-state index is 10.4. The van der Waals surface area contributed by atoms with Crippen molar-refractivity contribution in [1.29, 1.82) is 5.41 Å². The van der Waals surface area contributed by atoms with Gasteiger partial charge in [-0.3, -0.25) is 10.2 Å². The second kappa shape index (κ2) is 10.8. The van der Waals surface area contributed by atoms with E-state index in [-0.39, 0.29) is 5.96 Å². The first-order valence-corrected chi connectivity index (χ1v) is 6.31. The summed E-state index contributed by atoms with van der Waals surface area (Å²) in [6, 6.07) is -0.598. The molecular formula is C12H29N5O. The van der Waals surface area contributed by atoms with E-state index in [2.05, 4.69) is 33.0 Å². The first-order chi connectivity index (χ1) is 8.18. The Kier molecular flexibility index (Phi) is 11.5. The lowest BCUT2D eigenvalue weighted by molar-refractivity contribution is -0.119. The molecule has 1 atom stereocenters. The van der Waals surface area contributed by atoms with E-state index >= 15 is 0 Å². The average Bonchev–Trinajstić information content (AvgIpc) is 2.24. The van der Waals surface area contributed by atoms with Crippen LogP contribution in [0.25, 0.3) is 0 Å². The molecule has 0 aromatic rings. The summed E-state index contributed by atoms with van der Waals surface area (Å²) in [5.41, 5.74) is 15.3. The number of carbonyl (C=O) groups excluding carboxylic acids is 1. The van der Waals surface area contributed by atoms with E-state index in [1.54, 1.807) is 0 Å². The van der Waals surface area contributed by atoms with Gasteiger partial charge in [0.1, 0.15) is 0 Å². The van der Waals surface area contributed by atoms with Crippen LogP contribution in [0, 0.1) is 17.2 Å². The molecule has 1 amide bonds. The van der Waals surface area contributed by atoms with Gasteiger partial charge in [-0.05, 0) is 24.7 Å². The lowest BCUT2D eigenvalue weighted by atomic mass is 10.0. The zero-order chi connectivity index (χ0) is 14.7. The standard InChI is InChI=1S/C6H15N5O.C6H14/c7-4(5(8)12)2-1-3-11-6(9)10;1-5(2)6(3)4/h4H,1-3,7H2,(H2,8,12)(H4,9,10,11);5-6H,1-4H3. The smallest absolute Gasteiger partial charge is 0.234 e. The molecule has 0 heterocycles. The van der Waals surface area contributed by atoms with Crippen LogP contribution in [-0.4, -0.2) is 24.5 Å². The highest BCUT2D eigenvalue weighted by atomic mass is 16.1. The predicted molar refractivity (Wildman–Crippen MR) is 76.0 cm³/mol. The van der Waals surface area contributed by atoms with Crippen LogP contribution in [0.2, 0.25) is 0 Å². The lowest BCUT2D eigenvalue weighted by Gasteiger charge is -2.07. The molecule has 0 aliphatic rings. The van der Waals surface area contributed by atoms with Crippen LogP contribution in [-0.2, 0) is 4.79 Å². The van der Waals surface area contributed by atoms with Crippen LogP contribution in [0.3, 0.4) is 0 Å². The number of carbonyl (C=O) groups is 1. The minimum atomic E-state index is -0.598. The lowest BCUT2D eigenvalue weighted by Crippen LogP contribution is -2.37. The summed E-state index contributed by atoms with van der Waals surface area (Å²) < 4.78 is 0. The van der Waals surface area contributed by atoms with Crippen molar-refractivity contribution < 1.29 is 4.79 Å². The Morgan fingerprint density at radius 2 is 1.61 bits per heavy atom. The number of primary amides is 1. The normalized spacial score (nSPS) is 11.7. The number of rotatable bonds is 6. The molecule has 8 N–H and O–H groups in total. The molecule has 6 heteroatoms. The largest absolute Gasteiger partial charge is 0.370 e. The molecule has 0 aromatic carbocycles. The fourth-order valence-corrected chi connectivity index (χ4v) is 0.687. The Labute approximate surface area is 110 Å². The summed E-state index contributed by atoms with van der Waals surface area (Å²) in [7, 11) is 0. The van der Waals surface area contributed by atoms with E-state index in [0.29, 0.717) is 19.4 Å². The number of nitrogens with one attached hydrogen (secondary N) is 2. The highest BCUT2D eigenvalue weighted by Crippen LogP contribution is 2.05. The number of guanidine groups is 1. The van der Waals surface area contributed by atoms with Crippen molar-refractivity contribution in [2.45, 2.75) is 46.6 Å². The van der Waals surface area contributed by atoms with Crippen molar-refractivity contribution >= 4 is 11.9 Å². The van der Waals surface area contributed by atoms with Crippen molar-refractivity contribution in [2.24, 2.45) is 29.0 Å². The summed E-state index contributed by atoms with van der Waals surface area (Å²) >= 11 is 0. The van der Waals surface area contributed by atoms with E-state index in [0.717, 1.165) is 11.8 Å². The number of nitrogens with two attached hydrogens (primary N) is 3. The quantitative estimate of drug-likeness (QED) is 0.268. The molecule has 0 saturated heterocycles. The molecular weight excluding hydrogens is 230 g/mol. The van der Waals surface area contributed by atoms with Crippen molar-refractivity contribution in [3.05, 3.63) is 0 Å². The van der Waals surface area contributed by atoms with Gasteiger partial charge in [-0.2, -0.15) is 0 Å². The zero-order valence-corrected chi connectivity index (χ0v) is 12.0. The minimum Gasteiger partial charge on any atom is -0.370 e. The third kappa shape index (κ3) is 14.7. The third-order valence-corrected chi connectivity index (χ3v) is 2.71. The highest BCUT2D eigenvalue weighted by molar-refractivity contribution is 5.79. The molecule has 1 unspecified atom stereocenters. The Morgan fingerprint density at radius 1 is 1.17 bits per heavy atom. The first kappa shape index (κ1) is 19.0. The molecule has 0 aliphatic carbocycles. The van der Waals surface area contributed by atoms with Gasteiger partial charge in [0.15, 0.2) is 5.96 Å². The van der Waals surface area contributed by atoms with Crippen LogP contribution >= 0.6 is 0 Å². The molecule has 0 aromatic heterocycles. The Morgan fingerprint density at radius 3 is 1.89 bits per heavy atom. The van der Waals surface area contributed by atoms with Gasteiger partial charge < -0.3 is 22.5 Å². The van der Waals surface area contributed by atoms with Gasteiger partial charge in [0.25, 0.3) is 0 Å². The second-order valence-corrected chi connectivity index (χ2v) is 4.98. The third-order valence-electron chi connectivity index (χ3n) is 2.71. The topological polar surface area (TPSA) is 131 Å². The van der Waals surface area contributed by atoms with Crippen LogP contribution in [0.4, 0.5) is 0 Å². The van der Waals surface area contributed by atoms with Crippen LogP contribution < -0.4 is 22.5 Å². The number of hydrogen-bond acceptors (Lipinski definition) is 3. The monoisotopic (exact) mass is 259 g/mol. The summed E-state index contributed by atoms with van der Waals surface area (Å²) in [6.07, 6.45) is 1.18. The van der Waals surface area contributed by atoms with Crippen molar-refractivity contribution in [1.82, 2.24) is 5.32 Å². The summed E-state index contributed by atoms with van der Waals surface area (Å²) in [5.74, 6) is 1.12. The Hall–Kier alpha value is -1.30. The Bertz CT molecular complexity index is 235. The minimum absolute atomic E-state index is 0.0809. The molecule has 108 valence electrons. The van der Waals surface area contributed by atoms with Crippen molar-refractivity contribution in [2.75, 3.05) is 6.54 Å². The number of amides is 1. The van der Waals surface area contributed by atoms with E-state index < -0.39 is 11.9 Å². The highest BCUT2D eigenvalue weighted by Gasteiger charge is 2.07. The SMILES string of the molecule is CC(C)C(C)C.N=C(N)NCCCC(N)C(N)=O. The van der Waals surface area contributed by atoms with Gasteiger partial charge in [0.05, 0.1) is 6.04 Å². The fourth-order valence-electron chi connectivity index (χ4n) is 0.687. The van der Waals surface area contributed by atoms with Crippen molar-refractivity contribution in [3.8, 4) is 0 Å². The summed E-state index contributed by atoms with van der Waals surface area (Å²) in [4.78, 5) is 10.4. The van der Waals surface area contributed by atoms with Gasteiger partial charge in [-0.15, -0.1) is 0 Å². The molecule has 0 saturated carbocycles. The van der Waals surface area contributed by atoms with E-state index in [1.165, 1.54) is 0 Å². The maximum absolute atomic E-state index is 10.4.